The molecule has 0 aliphatic rings. The molecule has 1 N–H and O–H groups in total. The van der Waals surface area contributed by atoms with E-state index in [1.54, 1.807) is 11.0 Å². The summed E-state index contributed by atoms with van der Waals surface area (Å²) in [6.07, 6.45) is 1.89. The van der Waals surface area contributed by atoms with Crippen molar-refractivity contribution < 1.29 is 9.53 Å². The maximum atomic E-state index is 12.2. The predicted molar refractivity (Wildman–Crippen MR) is 95.6 cm³/mol. The largest absolute Gasteiger partial charge is 0.492 e. The van der Waals surface area contributed by atoms with Crippen LogP contribution in [0.5, 0.6) is 5.75 Å². The van der Waals surface area contributed by atoms with Gasteiger partial charge >= 0.3 is 0 Å². The standard InChI is InChI=1S/C18H24ClN3O2/c1-13-14(2)20-21-16(13)9-10-18(23)22(3)11-6-12-24-17-8-5-4-7-15(17)19/h4-5,7-8H,6,9-12H2,1-3H3,(H,20,21). The molecule has 0 bridgehead atoms. The average molecular weight is 350 g/mol. The van der Waals surface area contributed by atoms with Gasteiger partial charge in [0, 0.05) is 32.1 Å². The zero-order chi connectivity index (χ0) is 17.5. The minimum Gasteiger partial charge on any atom is -0.492 e. The van der Waals surface area contributed by atoms with E-state index in [4.69, 9.17) is 16.3 Å². The Kier molecular flexibility index (Phi) is 6.67. The lowest BCUT2D eigenvalue weighted by Gasteiger charge is -2.17. The molecule has 1 heterocycles. The summed E-state index contributed by atoms with van der Waals surface area (Å²) >= 11 is 6.03. The molecule has 130 valence electrons. The van der Waals surface area contributed by atoms with E-state index >= 15 is 0 Å². The summed E-state index contributed by atoms with van der Waals surface area (Å²) < 4.78 is 5.63. The van der Waals surface area contributed by atoms with Crippen LogP contribution in [0.25, 0.3) is 0 Å². The van der Waals surface area contributed by atoms with Crippen LogP contribution in [0.2, 0.25) is 5.02 Å². The highest BCUT2D eigenvalue weighted by Crippen LogP contribution is 2.23. The average Bonchev–Trinajstić information content (AvgIpc) is 2.89. The van der Waals surface area contributed by atoms with Gasteiger partial charge in [-0.2, -0.15) is 5.10 Å². The maximum absolute atomic E-state index is 12.2. The molecule has 24 heavy (non-hydrogen) atoms. The van der Waals surface area contributed by atoms with Gasteiger partial charge in [-0.25, -0.2) is 0 Å². The van der Waals surface area contributed by atoms with E-state index in [-0.39, 0.29) is 5.91 Å². The number of benzene rings is 1. The summed E-state index contributed by atoms with van der Waals surface area (Å²) in [5.41, 5.74) is 3.16. The number of nitrogens with zero attached hydrogens (tertiary/aromatic N) is 2. The number of carbonyl (C=O) groups is 1. The van der Waals surface area contributed by atoms with E-state index in [9.17, 15) is 4.79 Å². The quantitative estimate of drug-likeness (QED) is 0.741. The first kappa shape index (κ1) is 18.3. The number of halogens is 1. The van der Waals surface area contributed by atoms with Crippen LogP contribution < -0.4 is 4.74 Å². The fourth-order valence-corrected chi connectivity index (χ4v) is 2.56. The molecule has 5 nitrogen and oxygen atoms in total. The van der Waals surface area contributed by atoms with Crippen molar-refractivity contribution in [2.45, 2.75) is 33.1 Å². The van der Waals surface area contributed by atoms with Crippen molar-refractivity contribution in [1.82, 2.24) is 15.1 Å². The van der Waals surface area contributed by atoms with Gasteiger partial charge in [0.1, 0.15) is 5.75 Å². The lowest BCUT2D eigenvalue weighted by Crippen LogP contribution is -2.28. The molecule has 0 radical (unpaired) electrons. The van der Waals surface area contributed by atoms with Gasteiger partial charge < -0.3 is 9.64 Å². The highest BCUT2D eigenvalue weighted by molar-refractivity contribution is 6.32. The maximum Gasteiger partial charge on any atom is 0.222 e. The smallest absolute Gasteiger partial charge is 0.222 e. The topological polar surface area (TPSA) is 58.2 Å². The molecule has 1 aromatic heterocycles. The molecule has 1 amide bonds. The molecule has 0 saturated heterocycles. The number of nitrogens with one attached hydrogen (secondary N) is 1. The van der Waals surface area contributed by atoms with Gasteiger partial charge in [-0.1, -0.05) is 23.7 Å². The number of hydrogen-bond acceptors (Lipinski definition) is 3. The number of ether oxygens (including phenoxy) is 1. The summed E-state index contributed by atoms with van der Waals surface area (Å²) in [5.74, 6) is 0.797. The fourth-order valence-electron chi connectivity index (χ4n) is 2.37. The molecule has 2 aromatic rings. The summed E-state index contributed by atoms with van der Waals surface area (Å²) in [6.45, 7) is 5.19. The molecule has 0 saturated carbocycles. The third-order valence-electron chi connectivity index (χ3n) is 4.09. The second-order valence-electron chi connectivity index (χ2n) is 5.87. The molecule has 0 fully saturated rings. The van der Waals surface area contributed by atoms with Crippen LogP contribution in [0, 0.1) is 13.8 Å². The number of amides is 1. The van der Waals surface area contributed by atoms with E-state index in [1.807, 2.05) is 39.1 Å². The Morgan fingerprint density at radius 2 is 2.08 bits per heavy atom. The molecule has 6 heteroatoms. The van der Waals surface area contributed by atoms with Gasteiger partial charge in [0.2, 0.25) is 5.91 Å². The third-order valence-corrected chi connectivity index (χ3v) is 4.40. The zero-order valence-corrected chi connectivity index (χ0v) is 15.2. The Balaban J connectivity index is 1.68. The van der Waals surface area contributed by atoms with Crippen LogP contribution in [-0.2, 0) is 11.2 Å². The first-order chi connectivity index (χ1) is 11.5. The van der Waals surface area contributed by atoms with Crippen molar-refractivity contribution in [1.29, 1.82) is 0 Å². The number of rotatable bonds is 8. The van der Waals surface area contributed by atoms with Crippen LogP contribution in [0.3, 0.4) is 0 Å². The van der Waals surface area contributed by atoms with Crippen molar-refractivity contribution in [2.75, 3.05) is 20.2 Å². The van der Waals surface area contributed by atoms with E-state index in [0.717, 1.165) is 23.4 Å². The van der Waals surface area contributed by atoms with E-state index < -0.39 is 0 Å². The third kappa shape index (κ3) is 4.99. The van der Waals surface area contributed by atoms with Crippen molar-refractivity contribution >= 4 is 17.5 Å². The molecule has 0 atom stereocenters. The van der Waals surface area contributed by atoms with E-state index in [2.05, 4.69) is 10.2 Å². The molecule has 2 rings (SSSR count). The first-order valence-corrected chi connectivity index (χ1v) is 8.48. The Morgan fingerprint density at radius 1 is 1.33 bits per heavy atom. The lowest BCUT2D eigenvalue weighted by molar-refractivity contribution is -0.129. The number of hydrogen-bond donors (Lipinski definition) is 1. The number of aromatic nitrogens is 2. The van der Waals surface area contributed by atoms with E-state index in [0.29, 0.717) is 36.8 Å². The second kappa shape index (κ2) is 8.73. The van der Waals surface area contributed by atoms with Crippen molar-refractivity contribution in [3.05, 3.63) is 46.2 Å². The Hall–Kier alpha value is -2.01. The highest BCUT2D eigenvalue weighted by atomic mass is 35.5. The molecular weight excluding hydrogens is 326 g/mol. The summed E-state index contributed by atoms with van der Waals surface area (Å²) in [5, 5.41) is 7.79. The lowest BCUT2D eigenvalue weighted by atomic mass is 10.1. The zero-order valence-electron chi connectivity index (χ0n) is 14.4. The van der Waals surface area contributed by atoms with Crippen LogP contribution in [0.15, 0.2) is 24.3 Å². The van der Waals surface area contributed by atoms with Gasteiger partial charge in [0.05, 0.1) is 17.3 Å². The summed E-state index contributed by atoms with van der Waals surface area (Å²) in [4.78, 5) is 13.9. The Morgan fingerprint density at radius 3 is 2.75 bits per heavy atom. The SMILES string of the molecule is Cc1[nH]nc(CCC(=O)N(C)CCCOc2ccccc2Cl)c1C. The van der Waals surface area contributed by atoms with Gasteiger partial charge in [-0.05, 0) is 38.0 Å². The number of H-pyrrole nitrogens is 1. The molecule has 0 unspecified atom stereocenters. The van der Waals surface area contributed by atoms with Crippen LogP contribution in [0.4, 0.5) is 0 Å². The van der Waals surface area contributed by atoms with Crippen molar-refractivity contribution in [3.63, 3.8) is 0 Å². The monoisotopic (exact) mass is 349 g/mol. The number of para-hydroxylation sites is 1. The Labute approximate surface area is 148 Å². The fraction of sp³-hybridized carbons (Fsp3) is 0.444. The van der Waals surface area contributed by atoms with Crippen LogP contribution in [-0.4, -0.2) is 41.2 Å². The van der Waals surface area contributed by atoms with Crippen molar-refractivity contribution in [2.24, 2.45) is 0 Å². The summed E-state index contributed by atoms with van der Waals surface area (Å²) in [6, 6.07) is 7.39. The molecule has 0 aliphatic heterocycles. The highest BCUT2D eigenvalue weighted by Gasteiger charge is 2.12. The molecule has 0 spiro atoms. The number of aryl methyl sites for hydroxylation is 2. The van der Waals surface area contributed by atoms with Gasteiger partial charge in [-0.3, -0.25) is 9.89 Å². The molecule has 1 aromatic carbocycles. The van der Waals surface area contributed by atoms with Crippen LogP contribution >= 0.6 is 11.6 Å². The van der Waals surface area contributed by atoms with Gasteiger partial charge in [0.15, 0.2) is 0 Å². The van der Waals surface area contributed by atoms with E-state index in [1.165, 1.54) is 0 Å². The number of aromatic amines is 1. The van der Waals surface area contributed by atoms with Crippen LogP contribution in [0.1, 0.15) is 29.8 Å². The summed E-state index contributed by atoms with van der Waals surface area (Å²) in [7, 11) is 1.82. The minimum absolute atomic E-state index is 0.118. The van der Waals surface area contributed by atoms with Gasteiger partial charge in [-0.15, -0.1) is 0 Å². The second-order valence-corrected chi connectivity index (χ2v) is 6.28. The molecular formula is C18H24ClN3O2. The minimum atomic E-state index is 0.118. The van der Waals surface area contributed by atoms with Crippen molar-refractivity contribution in [3.8, 4) is 5.75 Å². The number of carbonyl (C=O) groups excluding carboxylic acids is 1. The molecule has 0 aliphatic carbocycles. The normalized spacial score (nSPS) is 10.7. The van der Waals surface area contributed by atoms with Gasteiger partial charge in [0.25, 0.3) is 0 Å². The Bertz CT molecular complexity index is 685. The first-order valence-electron chi connectivity index (χ1n) is 8.10. The predicted octanol–water partition coefficient (Wildman–Crippen LogP) is 3.54.